The minimum Gasteiger partial charge on any atom is -0.348 e. The van der Waals surface area contributed by atoms with E-state index in [9.17, 15) is 4.79 Å². The first-order valence-corrected chi connectivity index (χ1v) is 6.66. The molecule has 0 spiro atoms. The van der Waals surface area contributed by atoms with Gasteiger partial charge < -0.3 is 4.90 Å². The summed E-state index contributed by atoms with van der Waals surface area (Å²) < 4.78 is 1.05. The molecule has 1 aliphatic heterocycles. The highest BCUT2D eigenvalue weighted by atomic mass is 32.1. The molecule has 5 heteroatoms. The Morgan fingerprint density at radius 3 is 2.76 bits per heavy atom. The Morgan fingerprint density at radius 2 is 2.00 bits per heavy atom. The lowest BCUT2D eigenvalue weighted by Crippen LogP contribution is -2.29. The molecule has 0 radical (unpaired) electrons. The van der Waals surface area contributed by atoms with Crippen LogP contribution in [0, 0.1) is 0 Å². The van der Waals surface area contributed by atoms with Crippen LogP contribution < -0.4 is 4.90 Å². The number of pyridine rings is 1. The lowest BCUT2D eigenvalue weighted by molar-refractivity contribution is 0.111. The third kappa shape index (κ3) is 2.02. The number of carbonyl (C=O) groups is 1. The van der Waals surface area contributed by atoms with Crippen LogP contribution in [0.5, 0.6) is 0 Å². The summed E-state index contributed by atoms with van der Waals surface area (Å²) in [5, 5.41) is 1.04. The molecule has 0 amide bonds. The summed E-state index contributed by atoms with van der Waals surface area (Å²) in [6, 6.07) is 3.67. The van der Waals surface area contributed by atoms with E-state index in [0.717, 1.165) is 29.2 Å². The molecule has 2 aromatic rings. The van der Waals surface area contributed by atoms with Crippen LogP contribution in [0.15, 0.2) is 12.1 Å². The zero-order chi connectivity index (χ0) is 11.7. The molecule has 0 atom stereocenters. The van der Waals surface area contributed by atoms with Crippen molar-refractivity contribution in [3.8, 4) is 0 Å². The van der Waals surface area contributed by atoms with Crippen LogP contribution in [0.25, 0.3) is 10.3 Å². The number of aldehydes is 1. The molecule has 1 aliphatic rings. The number of nitrogens with zero attached hydrogens (tertiary/aromatic N) is 3. The van der Waals surface area contributed by atoms with Gasteiger partial charge in [-0.2, -0.15) is 4.98 Å². The number of hydrogen-bond donors (Lipinski definition) is 0. The number of anilines is 1. The number of thiazole rings is 1. The SMILES string of the molecule is O=Cc1ccc2sc(N3CCCCC3)nc2n1. The van der Waals surface area contributed by atoms with Gasteiger partial charge in [-0.1, -0.05) is 11.3 Å². The van der Waals surface area contributed by atoms with Gasteiger partial charge >= 0.3 is 0 Å². The Labute approximate surface area is 103 Å². The Bertz CT molecular complexity index is 546. The first-order chi connectivity index (χ1) is 8.36. The maximum atomic E-state index is 10.7. The van der Waals surface area contributed by atoms with Gasteiger partial charge in [0, 0.05) is 13.1 Å². The van der Waals surface area contributed by atoms with Gasteiger partial charge in [0.1, 0.15) is 5.69 Å². The summed E-state index contributed by atoms with van der Waals surface area (Å²) in [5.41, 5.74) is 1.15. The number of carbonyl (C=O) groups excluding carboxylic acids is 1. The van der Waals surface area contributed by atoms with Crippen molar-refractivity contribution in [3.63, 3.8) is 0 Å². The second kappa shape index (κ2) is 4.41. The van der Waals surface area contributed by atoms with E-state index in [1.165, 1.54) is 19.3 Å². The molecule has 0 N–H and O–H groups in total. The molecule has 3 heterocycles. The summed E-state index contributed by atoms with van der Waals surface area (Å²) >= 11 is 1.66. The van der Waals surface area contributed by atoms with Crippen molar-refractivity contribution >= 4 is 33.1 Å². The molecule has 0 bridgehead atoms. The second-order valence-electron chi connectivity index (χ2n) is 4.22. The normalized spacial score (nSPS) is 16.4. The van der Waals surface area contributed by atoms with Crippen molar-refractivity contribution in [1.82, 2.24) is 9.97 Å². The maximum Gasteiger partial charge on any atom is 0.188 e. The number of rotatable bonds is 2. The number of aromatic nitrogens is 2. The van der Waals surface area contributed by atoms with Gasteiger partial charge in [-0.05, 0) is 31.4 Å². The van der Waals surface area contributed by atoms with Crippen molar-refractivity contribution < 1.29 is 4.79 Å². The van der Waals surface area contributed by atoms with E-state index >= 15 is 0 Å². The van der Waals surface area contributed by atoms with Crippen LogP contribution in [-0.2, 0) is 0 Å². The first kappa shape index (κ1) is 10.7. The average Bonchev–Trinajstić information content (AvgIpc) is 2.82. The first-order valence-electron chi connectivity index (χ1n) is 5.84. The summed E-state index contributed by atoms with van der Waals surface area (Å²) in [7, 11) is 0. The van der Waals surface area contributed by atoms with Gasteiger partial charge in [-0.15, -0.1) is 0 Å². The summed E-state index contributed by atoms with van der Waals surface area (Å²) in [4.78, 5) is 21.7. The topological polar surface area (TPSA) is 46.1 Å². The van der Waals surface area contributed by atoms with E-state index in [1.54, 1.807) is 17.4 Å². The fourth-order valence-corrected chi connectivity index (χ4v) is 3.07. The standard InChI is InChI=1S/C12H13N3OS/c16-8-9-4-5-10-11(13-9)14-12(17-10)15-6-2-1-3-7-15/h4-5,8H,1-3,6-7H2. The largest absolute Gasteiger partial charge is 0.348 e. The van der Waals surface area contributed by atoms with E-state index in [2.05, 4.69) is 14.9 Å². The minimum atomic E-state index is 0.452. The van der Waals surface area contributed by atoms with Crippen molar-refractivity contribution in [2.24, 2.45) is 0 Å². The molecule has 17 heavy (non-hydrogen) atoms. The number of piperidine rings is 1. The van der Waals surface area contributed by atoms with Crippen LogP contribution >= 0.6 is 11.3 Å². The maximum absolute atomic E-state index is 10.7. The van der Waals surface area contributed by atoms with Crippen molar-refractivity contribution in [1.29, 1.82) is 0 Å². The van der Waals surface area contributed by atoms with Crippen molar-refractivity contribution in [2.75, 3.05) is 18.0 Å². The van der Waals surface area contributed by atoms with Crippen LogP contribution in [0.4, 0.5) is 5.13 Å². The van der Waals surface area contributed by atoms with E-state index in [1.807, 2.05) is 6.07 Å². The minimum absolute atomic E-state index is 0.452. The number of fused-ring (bicyclic) bond motifs is 1. The highest BCUT2D eigenvalue weighted by molar-refractivity contribution is 7.22. The molecule has 1 saturated heterocycles. The van der Waals surface area contributed by atoms with Crippen LogP contribution in [0.1, 0.15) is 29.8 Å². The summed E-state index contributed by atoms with van der Waals surface area (Å²) in [5.74, 6) is 0. The Balaban J connectivity index is 1.97. The van der Waals surface area contributed by atoms with Gasteiger partial charge in [0.25, 0.3) is 0 Å². The van der Waals surface area contributed by atoms with Crippen LogP contribution in [0.2, 0.25) is 0 Å². The second-order valence-corrected chi connectivity index (χ2v) is 5.23. The Hall–Kier alpha value is -1.49. The fourth-order valence-electron chi connectivity index (χ4n) is 2.11. The molecule has 1 fully saturated rings. The van der Waals surface area contributed by atoms with Gasteiger partial charge in [0.2, 0.25) is 0 Å². The van der Waals surface area contributed by atoms with E-state index in [-0.39, 0.29) is 0 Å². The third-order valence-electron chi connectivity index (χ3n) is 3.01. The van der Waals surface area contributed by atoms with Gasteiger partial charge in [0.05, 0.1) is 4.70 Å². The molecule has 0 aliphatic carbocycles. The van der Waals surface area contributed by atoms with Crippen molar-refractivity contribution in [2.45, 2.75) is 19.3 Å². The third-order valence-corrected chi connectivity index (χ3v) is 4.08. The fraction of sp³-hybridized carbons (Fsp3) is 0.417. The van der Waals surface area contributed by atoms with Gasteiger partial charge in [0.15, 0.2) is 17.1 Å². The van der Waals surface area contributed by atoms with E-state index in [4.69, 9.17) is 0 Å². The molecule has 0 unspecified atom stereocenters. The predicted octanol–water partition coefficient (Wildman–Crippen LogP) is 2.49. The van der Waals surface area contributed by atoms with Gasteiger partial charge in [-0.25, -0.2) is 4.98 Å². The Kier molecular flexibility index (Phi) is 2.76. The lowest BCUT2D eigenvalue weighted by atomic mass is 10.1. The quantitative estimate of drug-likeness (QED) is 0.765. The van der Waals surface area contributed by atoms with Crippen LogP contribution in [0.3, 0.4) is 0 Å². The van der Waals surface area contributed by atoms with Crippen LogP contribution in [-0.4, -0.2) is 29.3 Å². The zero-order valence-corrected chi connectivity index (χ0v) is 10.2. The number of hydrogen-bond acceptors (Lipinski definition) is 5. The Morgan fingerprint density at radius 1 is 1.18 bits per heavy atom. The van der Waals surface area contributed by atoms with Crippen molar-refractivity contribution in [3.05, 3.63) is 17.8 Å². The monoisotopic (exact) mass is 247 g/mol. The lowest BCUT2D eigenvalue weighted by Gasteiger charge is -2.25. The molecule has 88 valence electrons. The van der Waals surface area contributed by atoms with Gasteiger partial charge in [-0.3, -0.25) is 4.79 Å². The van der Waals surface area contributed by atoms with E-state index in [0.29, 0.717) is 11.3 Å². The summed E-state index contributed by atoms with van der Waals surface area (Å²) in [6.07, 6.45) is 4.56. The highest BCUT2D eigenvalue weighted by Crippen LogP contribution is 2.29. The smallest absolute Gasteiger partial charge is 0.188 e. The predicted molar refractivity (Wildman–Crippen MR) is 68.9 cm³/mol. The molecular weight excluding hydrogens is 234 g/mol. The molecule has 4 nitrogen and oxygen atoms in total. The molecule has 0 saturated carbocycles. The molecule has 0 aromatic carbocycles. The molecule has 2 aromatic heterocycles. The highest BCUT2D eigenvalue weighted by Gasteiger charge is 2.15. The molecule has 3 rings (SSSR count). The zero-order valence-electron chi connectivity index (χ0n) is 9.43. The van der Waals surface area contributed by atoms with E-state index < -0.39 is 0 Å². The molecular formula is C12H13N3OS. The average molecular weight is 247 g/mol. The summed E-state index contributed by atoms with van der Waals surface area (Å²) in [6.45, 7) is 2.17.